The number of hydrogen-bond acceptors (Lipinski definition) is 5. The van der Waals surface area contributed by atoms with Crippen LogP contribution in [0.5, 0.6) is 11.5 Å². The van der Waals surface area contributed by atoms with Gasteiger partial charge in [-0.25, -0.2) is 4.39 Å². The molecule has 0 radical (unpaired) electrons. The molecule has 0 unspecified atom stereocenters. The predicted octanol–water partition coefficient (Wildman–Crippen LogP) is 3.94. The first-order valence-electron chi connectivity index (χ1n) is 7.33. The van der Waals surface area contributed by atoms with E-state index in [0.717, 1.165) is 0 Å². The molecule has 8 heteroatoms. The number of azo groups is 1. The third kappa shape index (κ3) is 3.27. The van der Waals surface area contributed by atoms with Gasteiger partial charge in [-0.2, -0.15) is 0 Å². The first kappa shape index (κ1) is 16.4. The molecule has 0 spiro atoms. The normalized spacial score (nSPS) is 11.0. The van der Waals surface area contributed by atoms with Crippen molar-refractivity contribution in [3.8, 4) is 22.8 Å². The van der Waals surface area contributed by atoms with Crippen LogP contribution in [0.2, 0.25) is 0 Å². The summed E-state index contributed by atoms with van der Waals surface area (Å²) in [5.41, 5.74) is 0.659. The molecular formula is C17H15FN4O3. The van der Waals surface area contributed by atoms with Crippen molar-refractivity contribution in [2.75, 3.05) is 14.2 Å². The van der Waals surface area contributed by atoms with E-state index in [1.807, 2.05) is 0 Å². The summed E-state index contributed by atoms with van der Waals surface area (Å²) in [6.07, 6.45) is 0. The van der Waals surface area contributed by atoms with Crippen molar-refractivity contribution < 1.29 is 13.9 Å². The van der Waals surface area contributed by atoms with Crippen molar-refractivity contribution in [1.82, 2.24) is 10.2 Å². The van der Waals surface area contributed by atoms with Gasteiger partial charge >= 0.3 is 0 Å². The standard InChI is InChI=1S/C17H15FN4O3/c1-24-13-8-7-10(9-14(13)25-2)15-16(17(23)22-20-15)21-19-12-6-4-3-5-11(12)18/h3-9H,1-2H3,(H2,20,22,23). The van der Waals surface area contributed by atoms with Crippen LogP contribution < -0.4 is 15.0 Å². The highest BCUT2D eigenvalue weighted by atomic mass is 19.1. The van der Waals surface area contributed by atoms with Crippen LogP contribution in [0.1, 0.15) is 0 Å². The Hall–Kier alpha value is -3.42. The number of H-pyrrole nitrogens is 2. The Bertz CT molecular complexity index is 978. The Morgan fingerprint density at radius 1 is 0.960 bits per heavy atom. The van der Waals surface area contributed by atoms with Crippen LogP contribution in [0.25, 0.3) is 11.3 Å². The molecule has 1 aromatic heterocycles. The van der Waals surface area contributed by atoms with E-state index in [-0.39, 0.29) is 11.4 Å². The van der Waals surface area contributed by atoms with Crippen molar-refractivity contribution in [3.63, 3.8) is 0 Å². The minimum atomic E-state index is -0.522. The van der Waals surface area contributed by atoms with Gasteiger partial charge in [0.2, 0.25) is 0 Å². The molecule has 1 heterocycles. The number of aromatic nitrogens is 2. The highest BCUT2D eigenvalue weighted by molar-refractivity contribution is 5.73. The fourth-order valence-corrected chi connectivity index (χ4v) is 2.28. The molecule has 3 aromatic rings. The maximum atomic E-state index is 13.6. The van der Waals surface area contributed by atoms with Crippen LogP contribution in [0.4, 0.5) is 15.8 Å². The highest BCUT2D eigenvalue weighted by Gasteiger charge is 2.14. The first-order valence-corrected chi connectivity index (χ1v) is 7.33. The van der Waals surface area contributed by atoms with Crippen molar-refractivity contribution in [3.05, 3.63) is 58.6 Å². The lowest BCUT2D eigenvalue weighted by Gasteiger charge is -2.08. The van der Waals surface area contributed by atoms with Gasteiger partial charge in [0.05, 0.1) is 19.9 Å². The Morgan fingerprint density at radius 2 is 1.72 bits per heavy atom. The molecule has 2 aromatic carbocycles. The smallest absolute Gasteiger partial charge is 0.292 e. The van der Waals surface area contributed by atoms with Gasteiger partial charge in [-0.1, -0.05) is 12.1 Å². The number of ether oxygens (including phenoxy) is 2. The zero-order chi connectivity index (χ0) is 17.8. The molecule has 128 valence electrons. The average molecular weight is 342 g/mol. The second kappa shape index (κ2) is 7.00. The number of hydrogen-bond donors (Lipinski definition) is 2. The molecule has 0 amide bonds. The molecule has 0 atom stereocenters. The summed E-state index contributed by atoms with van der Waals surface area (Å²) in [6.45, 7) is 0. The monoisotopic (exact) mass is 342 g/mol. The zero-order valence-corrected chi connectivity index (χ0v) is 13.5. The second-order valence-electron chi connectivity index (χ2n) is 5.02. The van der Waals surface area contributed by atoms with E-state index < -0.39 is 11.4 Å². The van der Waals surface area contributed by atoms with Crippen molar-refractivity contribution in [2.45, 2.75) is 0 Å². The number of benzene rings is 2. The van der Waals surface area contributed by atoms with Crippen molar-refractivity contribution in [2.24, 2.45) is 10.2 Å². The van der Waals surface area contributed by atoms with E-state index in [1.165, 1.54) is 26.4 Å². The lowest BCUT2D eigenvalue weighted by atomic mass is 10.1. The summed E-state index contributed by atoms with van der Waals surface area (Å²) >= 11 is 0. The Balaban J connectivity index is 2.03. The van der Waals surface area contributed by atoms with E-state index >= 15 is 0 Å². The highest BCUT2D eigenvalue weighted by Crippen LogP contribution is 2.34. The quantitative estimate of drug-likeness (QED) is 0.688. The minimum Gasteiger partial charge on any atom is -0.493 e. The summed E-state index contributed by atoms with van der Waals surface area (Å²) in [4.78, 5) is 12.0. The second-order valence-corrected chi connectivity index (χ2v) is 5.02. The molecule has 0 aliphatic carbocycles. The molecule has 0 aliphatic heterocycles. The maximum absolute atomic E-state index is 13.6. The topological polar surface area (TPSA) is 91.8 Å². The number of rotatable bonds is 5. The van der Waals surface area contributed by atoms with Gasteiger partial charge in [0.15, 0.2) is 23.0 Å². The summed E-state index contributed by atoms with van der Waals surface area (Å²) < 4.78 is 24.1. The molecule has 0 bridgehead atoms. The first-order chi connectivity index (χ1) is 12.1. The molecule has 2 N–H and O–H groups in total. The third-order valence-electron chi connectivity index (χ3n) is 3.54. The fraction of sp³-hybridized carbons (Fsp3) is 0.118. The Kier molecular flexibility index (Phi) is 4.60. The summed E-state index contributed by atoms with van der Waals surface area (Å²) in [7, 11) is 3.05. The predicted molar refractivity (Wildman–Crippen MR) is 90.5 cm³/mol. The fourth-order valence-electron chi connectivity index (χ4n) is 2.28. The molecule has 7 nitrogen and oxygen atoms in total. The van der Waals surface area contributed by atoms with E-state index in [2.05, 4.69) is 20.4 Å². The van der Waals surface area contributed by atoms with Crippen molar-refractivity contribution >= 4 is 11.4 Å². The SMILES string of the molecule is COc1ccc(-c2[nH][nH]c(=O)c2N=Nc2ccccc2F)cc1OC. The lowest BCUT2D eigenvalue weighted by molar-refractivity contribution is 0.355. The van der Waals surface area contributed by atoms with Gasteiger partial charge in [0.25, 0.3) is 5.56 Å². The van der Waals surface area contributed by atoms with Crippen LogP contribution in [0.3, 0.4) is 0 Å². The number of aromatic amines is 2. The third-order valence-corrected chi connectivity index (χ3v) is 3.54. The molecule has 0 saturated heterocycles. The minimum absolute atomic E-state index is 0.0375. The van der Waals surface area contributed by atoms with Crippen LogP contribution in [0, 0.1) is 5.82 Å². The number of nitrogens with one attached hydrogen (secondary N) is 2. The van der Waals surface area contributed by atoms with E-state index in [4.69, 9.17) is 9.47 Å². The molecule has 0 aliphatic rings. The van der Waals surface area contributed by atoms with Crippen LogP contribution in [-0.4, -0.2) is 24.4 Å². The molecule has 0 saturated carbocycles. The van der Waals surface area contributed by atoms with Gasteiger partial charge < -0.3 is 9.47 Å². The van der Waals surface area contributed by atoms with Crippen molar-refractivity contribution in [1.29, 1.82) is 0 Å². The molecule has 0 fully saturated rings. The summed E-state index contributed by atoms with van der Waals surface area (Å²) in [6, 6.07) is 11.1. The summed E-state index contributed by atoms with van der Waals surface area (Å²) in [5, 5.41) is 12.9. The largest absolute Gasteiger partial charge is 0.493 e. The average Bonchev–Trinajstić information content (AvgIpc) is 3.01. The van der Waals surface area contributed by atoms with Gasteiger partial charge in [-0.15, -0.1) is 10.2 Å². The van der Waals surface area contributed by atoms with Gasteiger partial charge in [0, 0.05) is 5.56 Å². The van der Waals surface area contributed by atoms with E-state index in [1.54, 1.807) is 30.3 Å². The van der Waals surface area contributed by atoms with Gasteiger partial charge in [-0.05, 0) is 30.3 Å². The number of halogens is 1. The van der Waals surface area contributed by atoms with Crippen LogP contribution >= 0.6 is 0 Å². The molecule has 3 rings (SSSR count). The van der Waals surface area contributed by atoms with Crippen LogP contribution in [-0.2, 0) is 0 Å². The maximum Gasteiger partial charge on any atom is 0.292 e. The van der Waals surface area contributed by atoms with Gasteiger partial charge in [0.1, 0.15) is 5.69 Å². The van der Waals surface area contributed by atoms with Crippen LogP contribution in [0.15, 0.2) is 57.5 Å². The molecule has 25 heavy (non-hydrogen) atoms. The van der Waals surface area contributed by atoms with Gasteiger partial charge in [-0.3, -0.25) is 15.0 Å². The summed E-state index contributed by atoms with van der Waals surface area (Å²) in [5.74, 6) is 0.531. The Morgan fingerprint density at radius 3 is 2.44 bits per heavy atom. The zero-order valence-electron chi connectivity index (χ0n) is 13.5. The molecular weight excluding hydrogens is 327 g/mol. The Labute approximate surface area is 142 Å². The lowest BCUT2D eigenvalue weighted by Crippen LogP contribution is -1.96. The number of nitrogens with zero attached hydrogens (tertiary/aromatic N) is 2. The number of methoxy groups -OCH3 is 2. The van der Waals surface area contributed by atoms with E-state index in [0.29, 0.717) is 22.8 Å². The van der Waals surface area contributed by atoms with E-state index in [9.17, 15) is 9.18 Å².